The molecular weight excluding hydrogens is 288 g/mol. The Hall–Kier alpha value is -2.17. The number of carbonyl (C=O) groups is 1. The molecule has 0 bridgehead atoms. The average molecular weight is 310 g/mol. The molecule has 4 heteroatoms. The molecule has 0 radical (unpaired) electrons. The smallest absolute Gasteiger partial charge is 0.255 e. The molecule has 0 atom stereocenters. The second-order valence-corrected chi connectivity index (χ2v) is 5.94. The first kappa shape index (κ1) is 15.7. The van der Waals surface area contributed by atoms with E-state index in [4.69, 9.17) is 5.11 Å². The van der Waals surface area contributed by atoms with Crippen molar-refractivity contribution < 1.29 is 9.90 Å². The number of nitrogens with one attached hydrogen (secondary N) is 1. The Morgan fingerprint density at radius 3 is 2.39 bits per heavy atom. The van der Waals surface area contributed by atoms with Gasteiger partial charge < -0.3 is 10.4 Å². The summed E-state index contributed by atoms with van der Waals surface area (Å²) in [5.41, 5.74) is 2.61. The van der Waals surface area contributed by atoms with E-state index in [-0.39, 0.29) is 12.5 Å². The van der Waals surface area contributed by atoms with Gasteiger partial charge in [0.05, 0.1) is 6.61 Å². The fraction of sp³-hybridized carbons (Fsp3) is 0.316. The van der Waals surface area contributed by atoms with E-state index in [0.29, 0.717) is 18.2 Å². The maximum atomic E-state index is 12.2. The second kappa shape index (κ2) is 7.40. The molecule has 0 heterocycles. The lowest BCUT2D eigenvalue weighted by Gasteiger charge is -2.20. The first-order valence-electron chi connectivity index (χ1n) is 8.06. The molecule has 23 heavy (non-hydrogen) atoms. The summed E-state index contributed by atoms with van der Waals surface area (Å²) in [6.45, 7) is 1.72. The van der Waals surface area contributed by atoms with Crippen molar-refractivity contribution in [3.63, 3.8) is 0 Å². The van der Waals surface area contributed by atoms with Gasteiger partial charge in [-0.25, -0.2) is 0 Å². The minimum Gasteiger partial charge on any atom is -0.395 e. The van der Waals surface area contributed by atoms with Gasteiger partial charge in [-0.3, -0.25) is 9.69 Å². The van der Waals surface area contributed by atoms with E-state index in [1.165, 1.54) is 18.4 Å². The van der Waals surface area contributed by atoms with Gasteiger partial charge in [-0.2, -0.15) is 0 Å². The maximum Gasteiger partial charge on any atom is 0.255 e. The van der Waals surface area contributed by atoms with Crippen LogP contribution >= 0.6 is 0 Å². The Bertz CT molecular complexity index is 636. The fourth-order valence-electron chi connectivity index (χ4n) is 2.68. The van der Waals surface area contributed by atoms with Gasteiger partial charge in [0.2, 0.25) is 0 Å². The number of hydrogen-bond acceptors (Lipinski definition) is 3. The van der Waals surface area contributed by atoms with Gasteiger partial charge >= 0.3 is 0 Å². The minimum atomic E-state index is -0.0999. The standard InChI is InChI=1S/C19H22N2O2/c22-13-12-21(18-10-11-18)14-15-6-8-16(9-7-15)19(23)20-17-4-2-1-3-5-17/h1-9,18,22H,10-14H2,(H,20,23). The van der Waals surface area contributed by atoms with Crippen molar-refractivity contribution >= 4 is 11.6 Å². The molecule has 0 aromatic heterocycles. The summed E-state index contributed by atoms with van der Waals surface area (Å²) in [6, 6.07) is 17.8. The van der Waals surface area contributed by atoms with E-state index in [9.17, 15) is 4.79 Å². The third kappa shape index (κ3) is 4.41. The van der Waals surface area contributed by atoms with Crippen LogP contribution in [0.25, 0.3) is 0 Å². The lowest BCUT2D eigenvalue weighted by atomic mass is 10.1. The van der Waals surface area contributed by atoms with Gasteiger partial charge in [-0.05, 0) is 42.7 Å². The summed E-state index contributed by atoms with van der Waals surface area (Å²) in [6.07, 6.45) is 2.44. The minimum absolute atomic E-state index is 0.0999. The Balaban J connectivity index is 1.61. The van der Waals surface area contributed by atoms with E-state index >= 15 is 0 Å². The van der Waals surface area contributed by atoms with Gasteiger partial charge in [0.1, 0.15) is 0 Å². The normalized spacial score (nSPS) is 14.0. The third-order valence-electron chi connectivity index (χ3n) is 4.08. The van der Waals surface area contributed by atoms with Crippen LogP contribution in [0.2, 0.25) is 0 Å². The predicted molar refractivity (Wildman–Crippen MR) is 91.4 cm³/mol. The molecule has 2 aromatic carbocycles. The lowest BCUT2D eigenvalue weighted by Crippen LogP contribution is -2.28. The van der Waals surface area contributed by atoms with E-state index < -0.39 is 0 Å². The van der Waals surface area contributed by atoms with Crippen LogP contribution in [0, 0.1) is 0 Å². The van der Waals surface area contributed by atoms with Crippen molar-refractivity contribution in [1.29, 1.82) is 0 Å². The molecule has 2 aromatic rings. The molecule has 0 aliphatic heterocycles. The summed E-state index contributed by atoms with van der Waals surface area (Å²) >= 11 is 0. The zero-order valence-electron chi connectivity index (χ0n) is 13.1. The van der Waals surface area contributed by atoms with Gasteiger partial charge in [0.15, 0.2) is 0 Å². The average Bonchev–Trinajstić information content (AvgIpc) is 3.41. The van der Waals surface area contributed by atoms with Crippen molar-refractivity contribution in [1.82, 2.24) is 4.90 Å². The summed E-state index contributed by atoms with van der Waals surface area (Å²) in [7, 11) is 0. The van der Waals surface area contributed by atoms with Crippen LogP contribution in [0.5, 0.6) is 0 Å². The lowest BCUT2D eigenvalue weighted by molar-refractivity contribution is 0.102. The fourth-order valence-corrected chi connectivity index (χ4v) is 2.68. The molecule has 1 aliphatic rings. The van der Waals surface area contributed by atoms with Crippen LogP contribution < -0.4 is 5.32 Å². The van der Waals surface area contributed by atoms with Gasteiger partial charge in [-0.1, -0.05) is 30.3 Å². The highest BCUT2D eigenvalue weighted by Crippen LogP contribution is 2.28. The number of aliphatic hydroxyl groups excluding tert-OH is 1. The molecule has 0 spiro atoms. The molecule has 1 amide bonds. The largest absolute Gasteiger partial charge is 0.395 e. The monoisotopic (exact) mass is 310 g/mol. The number of para-hydroxylation sites is 1. The zero-order valence-corrected chi connectivity index (χ0v) is 13.1. The molecule has 120 valence electrons. The van der Waals surface area contributed by atoms with Gasteiger partial charge in [-0.15, -0.1) is 0 Å². The maximum absolute atomic E-state index is 12.2. The molecule has 0 saturated heterocycles. The highest BCUT2D eigenvalue weighted by atomic mass is 16.3. The number of benzene rings is 2. The van der Waals surface area contributed by atoms with E-state index in [2.05, 4.69) is 10.2 Å². The molecule has 2 N–H and O–H groups in total. The SMILES string of the molecule is O=C(Nc1ccccc1)c1ccc(CN(CCO)C2CC2)cc1. The van der Waals surface area contributed by atoms with Crippen LogP contribution in [-0.4, -0.2) is 35.1 Å². The van der Waals surface area contributed by atoms with Crippen molar-refractivity contribution in [2.24, 2.45) is 0 Å². The first-order chi connectivity index (χ1) is 11.3. The zero-order chi connectivity index (χ0) is 16.1. The Labute approximate surface area is 136 Å². The topological polar surface area (TPSA) is 52.6 Å². The predicted octanol–water partition coefficient (Wildman–Crippen LogP) is 2.90. The van der Waals surface area contributed by atoms with Crippen LogP contribution in [0.3, 0.4) is 0 Å². The molecule has 3 rings (SSSR count). The quantitative estimate of drug-likeness (QED) is 0.827. The van der Waals surface area contributed by atoms with E-state index in [1.54, 1.807) is 0 Å². The van der Waals surface area contributed by atoms with Crippen LogP contribution in [0.15, 0.2) is 54.6 Å². The number of nitrogens with zero attached hydrogens (tertiary/aromatic N) is 1. The number of anilines is 1. The Morgan fingerprint density at radius 2 is 1.78 bits per heavy atom. The number of rotatable bonds is 7. The summed E-state index contributed by atoms with van der Waals surface area (Å²) in [4.78, 5) is 14.5. The summed E-state index contributed by atoms with van der Waals surface area (Å²) in [5, 5.41) is 12.0. The number of hydrogen-bond donors (Lipinski definition) is 2. The van der Waals surface area contributed by atoms with Crippen molar-refractivity contribution in [2.45, 2.75) is 25.4 Å². The third-order valence-corrected chi connectivity index (χ3v) is 4.08. The highest BCUT2D eigenvalue weighted by Gasteiger charge is 2.28. The molecule has 1 aliphatic carbocycles. The van der Waals surface area contributed by atoms with Gasteiger partial charge in [0.25, 0.3) is 5.91 Å². The molecule has 1 saturated carbocycles. The van der Waals surface area contributed by atoms with E-state index in [0.717, 1.165) is 12.2 Å². The Kier molecular flexibility index (Phi) is 5.05. The summed E-state index contributed by atoms with van der Waals surface area (Å²) < 4.78 is 0. The molecule has 4 nitrogen and oxygen atoms in total. The van der Waals surface area contributed by atoms with Crippen LogP contribution in [-0.2, 0) is 6.54 Å². The first-order valence-corrected chi connectivity index (χ1v) is 8.06. The number of amides is 1. The molecular formula is C19H22N2O2. The molecule has 1 fully saturated rings. The molecule has 0 unspecified atom stereocenters. The number of aliphatic hydroxyl groups is 1. The second-order valence-electron chi connectivity index (χ2n) is 5.94. The number of carbonyl (C=O) groups excluding carboxylic acids is 1. The highest BCUT2D eigenvalue weighted by molar-refractivity contribution is 6.04. The van der Waals surface area contributed by atoms with Crippen LogP contribution in [0.4, 0.5) is 5.69 Å². The van der Waals surface area contributed by atoms with Gasteiger partial charge in [0, 0.05) is 30.4 Å². The van der Waals surface area contributed by atoms with Crippen molar-refractivity contribution in [2.75, 3.05) is 18.5 Å². The van der Waals surface area contributed by atoms with Crippen LogP contribution in [0.1, 0.15) is 28.8 Å². The van der Waals surface area contributed by atoms with E-state index in [1.807, 2.05) is 54.6 Å². The summed E-state index contributed by atoms with van der Waals surface area (Å²) in [5.74, 6) is -0.0999. The van der Waals surface area contributed by atoms with Crippen molar-refractivity contribution in [3.05, 3.63) is 65.7 Å². The Morgan fingerprint density at radius 1 is 1.09 bits per heavy atom. The van der Waals surface area contributed by atoms with Crippen molar-refractivity contribution in [3.8, 4) is 0 Å².